The summed E-state index contributed by atoms with van der Waals surface area (Å²) >= 11 is 0. The fourth-order valence-electron chi connectivity index (χ4n) is 3.38. The van der Waals surface area contributed by atoms with Crippen molar-refractivity contribution in [3.05, 3.63) is 11.9 Å². The van der Waals surface area contributed by atoms with E-state index in [9.17, 15) is 13.2 Å². The minimum absolute atomic E-state index is 0.0404. The highest BCUT2D eigenvalue weighted by Gasteiger charge is 2.46. The van der Waals surface area contributed by atoms with Crippen molar-refractivity contribution < 1.29 is 13.2 Å². The normalized spacial score (nSPS) is 28.8. The number of sulfonamides is 1. The van der Waals surface area contributed by atoms with Gasteiger partial charge in [-0.1, -0.05) is 6.42 Å². The molecule has 3 atom stereocenters. The average molecular weight is 298 g/mol. The monoisotopic (exact) mass is 298 g/mol. The number of carbonyl (C=O) groups excluding carboxylic acids is 1. The Bertz CT molecular complexity index is 624. The van der Waals surface area contributed by atoms with E-state index in [4.69, 9.17) is 0 Å². The van der Waals surface area contributed by atoms with E-state index in [1.807, 2.05) is 6.92 Å². The molecule has 0 spiro atoms. The first-order valence-electron chi connectivity index (χ1n) is 6.95. The quantitative estimate of drug-likeness (QED) is 0.876. The molecule has 0 aliphatic heterocycles. The van der Waals surface area contributed by atoms with Crippen molar-refractivity contribution in [1.29, 1.82) is 0 Å². The molecule has 3 rings (SSSR count). The minimum atomic E-state index is -3.61. The summed E-state index contributed by atoms with van der Waals surface area (Å²) in [6, 6.07) is 0. The molecular weight excluding hydrogens is 280 g/mol. The van der Waals surface area contributed by atoms with Crippen molar-refractivity contribution >= 4 is 15.9 Å². The van der Waals surface area contributed by atoms with Crippen molar-refractivity contribution in [1.82, 2.24) is 19.7 Å². The van der Waals surface area contributed by atoms with Crippen LogP contribution in [0.2, 0.25) is 0 Å². The van der Waals surface area contributed by atoms with Gasteiger partial charge < -0.3 is 0 Å². The first-order chi connectivity index (χ1) is 9.49. The van der Waals surface area contributed by atoms with Gasteiger partial charge in [0, 0.05) is 0 Å². The predicted octanol–water partition coefficient (Wildman–Crippen LogP) is 0.546. The van der Waals surface area contributed by atoms with Crippen LogP contribution < -0.4 is 4.72 Å². The van der Waals surface area contributed by atoms with Crippen LogP contribution in [-0.4, -0.2) is 34.6 Å². The van der Waals surface area contributed by atoms with Crippen LogP contribution >= 0.6 is 0 Å². The second-order valence-electron chi connectivity index (χ2n) is 5.61. The van der Waals surface area contributed by atoms with E-state index in [-0.39, 0.29) is 11.6 Å². The van der Waals surface area contributed by atoms with Gasteiger partial charge in [-0.25, -0.2) is 13.1 Å². The maximum Gasteiger partial charge on any atom is 0.286 e. The summed E-state index contributed by atoms with van der Waals surface area (Å²) in [5.74, 6) is 0.0294. The Morgan fingerprint density at radius 1 is 1.45 bits per heavy atom. The van der Waals surface area contributed by atoms with Gasteiger partial charge in [0.1, 0.15) is 0 Å². The van der Waals surface area contributed by atoms with E-state index in [2.05, 4.69) is 14.9 Å². The molecular formula is C12H18N4O3S. The van der Waals surface area contributed by atoms with Crippen LogP contribution in [-0.2, 0) is 16.6 Å². The lowest BCUT2D eigenvalue weighted by molar-refractivity contribution is 0.0975. The van der Waals surface area contributed by atoms with Gasteiger partial charge in [0.15, 0.2) is 5.69 Å². The number of nitrogens with zero attached hydrogens (tertiary/aromatic N) is 3. The van der Waals surface area contributed by atoms with Crippen molar-refractivity contribution in [3.8, 4) is 0 Å². The van der Waals surface area contributed by atoms with Crippen LogP contribution in [0.3, 0.4) is 0 Å². The Labute approximate surface area is 117 Å². The summed E-state index contributed by atoms with van der Waals surface area (Å²) in [5, 5.41) is 7.36. The van der Waals surface area contributed by atoms with E-state index in [1.165, 1.54) is 11.0 Å². The van der Waals surface area contributed by atoms with Crippen molar-refractivity contribution in [2.24, 2.45) is 11.8 Å². The Balaban J connectivity index is 1.71. The average Bonchev–Trinajstić information content (AvgIpc) is 3.13. The fraction of sp³-hybridized carbons (Fsp3) is 0.750. The van der Waals surface area contributed by atoms with Gasteiger partial charge in [0.2, 0.25) is 10.0 Å². The third-order valence-electron chi connectivity index (χ3n) is 4.36. The summed E-state index contributed by atoms with van der Waals surface area (Å²) < 4.78 is 26.7. The molecule has 1 aromatic rings. The first kappa shape index (κ1) is 13.5. The number of nitrogens with one attached hydrogen (secondary N) is 1. The molecule has 0 radical (unpaired) electrons. The van der Waals surface area contributed by atoms with E-state index < -0.39 is 21.2 Å². The van der Waals surface area contributed by atoms with Crippen LogP contribution in [0.15, 0.2) is 6.20 Å². The minimum Gasteiger partial charge on any atom is -0.266 e. The number of aromatic nitrogens is 3. The Morgan fingerprint density at radius 3 is 2.80 bits per heavy atom. The second kappa shape index (κ2) is 4.83. The highest BCUT2D eigenvalue weighted by Crippen LogP contribution is 2.47. The van der Waals surface area contributed by atoms with Gasteiger partial charge in [0.05, 0.1) is 18.0 Å². The fourth-order valence-corrected chi connectivity index (χ4v) is 5.17. The summed E-state index contributed by atoms with van der Waals surface area (Å²) in [6.07, 6.45) is 5.02. The molecule has 7 nitrogen and oxygen atoms in total. The van der Waals surface area contributed by atoms with Crippen molar-refractivity contribution in [2.45, 2.75) is 44.4 Å². The highest BCUT2D eigenvalue weighted by molar-refractivity contribution is 7.90. The van der Waals surface area contributed by atoms with Crippen LogP contribution in [0.25, 0.3) is 0 Å². The van der Waals surface area contributed by atoms with Crippen LogP contribution in [0.1, 0.15) is 43.1 Å². The van der Waals surface area contributed by atoms with E-state index in [1.54, 1.807) is 0 Å². The van der Waals surface area contributed by atoms with Gasteiger partial charge in [-0.05, 0) is 38.0 Å². The number of hydrogen-bond donors (Lipinski definition) is 1. The molecule has 1 heterocycles. The number of aryl methyl sites for hydroxylation is 1. The van der Waals surface area contributed by atoms with Gasteiger partial charge >= 0.3 is 0 Å². The number of fused-ring (bicyclic) bond motifs is 2. The standard InChI is InChI=1S/C12H18N4O3S/c1-2-16-13-7-10(14-16)12(17)15-20(18,19)11-6-8-3-4-9(11)5-8/h7-9,11H,2-6H2,1H3,(H,15,17)/t8-,9+,11?/m1/s1. The third-order valence-corrected chi connectivity index (χ3v) is 6.20. The molecule has 2 fully saturated rings. The molecule has 2 saturated carbocycles. The van der Waals surface area contributed by atoms with Crippen molar-refractivity contribution in [3.63, 3.8) is 0 Å². The zero-order chi connectivity index (χ0) is 14.3. The second-order valence-corrected chi connectivity index (χ2v) is 7.51. The molecule has 8 heteroatoms. The number of hydrogen-bond acceptors (Lipinski definition) is 5. The molecule has 2 aliphatic carbocycles. The highest BCUT2D eigenvalue weighted by atomic mass is 32.2. The molecule has 110 valence electrons. The zero-order valence-corrected chi connectivity index (χ0v) is 12.1. The molecule has 1 unspecified atom stereocenters. The van der Waals surface area contributed by atoms with E-state index in [0.29, 0.717) is 18.9 Å². The molecule has 1 amide bonds. The lowest BCUT2D eigenvalue weighted by atomic mass is 10.0. The number of carbonyl (C=O) groups is 1. The topological polar surface area (TPSA) is 94.0 Å². The lowest BCUT2D eigenvalue weighted by Crippen LogP contribution is -2.41. The molecule has 2 aliphatic rings. The Kier molecular flexibility index (Phi) is 3.27. The van der Waals surface area contributed by atoms with Gasteiger partial charge in [0.25, 0.3) is 5.91 Å². The Morgan fingerprint density at radius 2 is 2.25 bits per heavy atom. The molecule has 0 aromatic carbocycles. The first-order valence-corrected chi connectivity index (χ1v) is 8.50. The SMILES string of the molecule is CCn1ncc(C(=O)NS(=O)(=O)C2C[C@@H]3CC[C@H]2C3)n1. The number of rotatable bonds is 4. The summed E-state index contributed by atoms with van der Waals surface area (Å²) in [6.45, 7) is 2.38. The van der Waals surface area contributed by atoms with Crippen LogP contribution in [0.5, 0.6) is 0 Å². The number of amides is 1. The van der Waals surface area contributed by atoms with E-state index >= 15 is 0 Å². The van der Waals surface area contributed by atoms with Gasteiger partial charge in [-0.15, -0.1) is 5.10 Å². The summed E-state index contributed by atoms with van der Waals surface area (Å²) in [5.41, 5.74) is 0.0404. The van der Waals surface area contributed by atoms with Crippen LogP contribution in [0.4, 0.5) is 0 Å². The molecule has 20 heavy (non-hydrogen) atoms. The van der Waals surface area contributed by atoms with Crippen molar-refractivity contribution in [2.75, 3.05) is 0 Å². The Hall–Kier alpha value is -1.44. The summed E-state index contributed by atoms with van der Waals surface area (Å²) in [4.78, 5) is 13.3. The largest absolute Gasteiger partial charge is 0.286 e. The molecule has 0 saturated heterocycles. The lowest BCUT2D eigenvalue weighted by Gasteiger charge is -2.21. The third kappa shape index (κ3) is 2.32. The maximum absolute atomic E-state index is 12.3. The molecule has 2 bridgehead atoms. The predicted molar refractivity (Wildman–Crippen MR) is 71.3 cm³/mol. The van der Waals surface area contributed by atoms with Gasteiger partial charge in [-0.2, -0.15) is 9.90 Å². The molecule has 1 N–H and O–H groups in total. The van der Waals surface area contributed by atoms with E-state index in [0.717, 1.165) is 19.3 Å². The zero-order valence-electron chi connectivity index (χ0n) is 11.3. The smallest absolute Gasteiger partial charge is 0.266 e. The molecule has 1 aromatic heterocycles. The maximum atomic E-state index is 12.3. The van der Waals surface area contributed by atoms with Crippen LogP contribution in [0, 0.1) is 11.8 Å². The summed E-state index contributed by atoms with van der Waals surface area (Å²) in [7, 11) is -3.61. The van der Waals surface area contributed by atoms with Gasteiger partial charge in [-0.3, -0.25) is 4.79 Å².